The molecule has 9 heteroatoms. The highest BCUT2D eigenvalue weighted by molar-refractivity contribution is 7.89. The highest BCUT2D eigenvalue weighted by atomic mass is 32.2. The Bertz CT molecular complexity index is 835. The number of aromatic nitrogens is 2. The third kappa shape index (κ3) is 3.24. The first-order chi connectivity index (χ1) is 11.4. The van der Waals surface area contributed by atoms with Gasteiger partial charge in [0.05, 0.1) is 7.11 Å². The number of piperidine rings is 1. The SMILES string of the molecule is COc1ccc(C)cc1S(=O)(=O)N1CCCC(c2nnc(N)s2)C1. The minimum atomic E-state index is -3.63. The Labute approximate surface area is 145 Å². The molecule has 2 aromatic rings. The summed E-state index contributed by atoms with van der Waals surface area (Å²) >= 11 is 1.32. The predicted molar refractivity (Wildman–Crippen MR) is 92.8 cm³/mol. The van der Waals surface area contributed by atoms with Gasteiger partial charge in [0.2, 0.25) is 15.2 Å². The normalized spacial score (nSPS) is 19.3. The average molecular weight is 368 g/mol. The molecule has 1 fully saturated rings. The molecule has 1 aromatic heterocycles. The highest BCUT2D eigenvalue weighted by Crippen LogP contribution is 2.34. The van der Waals surface area contributed by atoms with E-state index in [2.05, 4.69) is 10.2 Å². The lowest BCUT2D eigenvalue weighted by Gasteiger charge is -2.31. The summed E-state index contributed by atoms with van der Waals surface area (Å²) in [6.07, 6.45) is 1.66. The zero-order valence-electron chi connectivity index (χ0n) is 13.6. The first kappa shape index (κ1) is 17.1. The van der Waals surface area contributed by atoms with Gasteiger partial charge in [0.15, 0.2) is 0 Å². The largest absolute Gasteiger partial charge is 0.495 e. The van der Waals surface area contributed by atoms with Crippen molar-refractivity contribution in [3.05, 3.63) is 28.8 Å². The smallest absolute Gasteiger partial charge is 0.246 e. The fourth-order valence-electron chi connectivity index (χ4n) is 2.90. The summed E-state index contributed by atoms with van der Waals surface area (Å²) in [7, 11) is -2.15. The highest BCUT2D eigenvalue weighted by Gasteiger charge is 2.34. The van der Waals surface area contributed by atoms with E-state index < -0.39 is 10.0 Å². The number of ether oxygens (including phenoxy) is 1. The van der Waals surface area contributed by atoms with Crippen LogP contribution in [-0.4, -0.2) is 43.1 Å². The van der Waals surface area contributed by atoms with Gasteiger partial charge in [-0.1, -0.05) is 17.4 Å². The number of benzene rings is 1. The van der Waals surface area contributed by atoms with Crippen LogP contribution in [-0.2, 0) is 10.0 Å². The van der Waals surface area contributed by atoms with Crippen molar-refractivity contribution in [3.8, 4) is 5.75 Å². The van der Waals surface area contributed by atoms with Crippen LogP contribution in [0.3, 0.4) is 0 Å². The third-order valence-corrected chi connectivity index (χ3v) is 6.93. The molecule has 1 aliphatic rings. The van der Waals surface area contributed by atoms with Gasteiger partial charge in [0.25, 0.3) is 0 Å². The summed E-state index contributed by atoms with van der Waals surface area (Å²) < 4.78 is 32.9. The molecule has 0 radical (unpaired) electrons. The summed E-state index contributed by atoms with van der Waals surface area (Å²) in [5.41, 5.74) is 6.52. The second-order valence-electron chi connectivity index (χ2n) is 5.84. The van der Waals surface area contributed by atoms with E-state index in [1.807, 2.05) is 13.0 Å². The van der Waals surface area contributed by atoms with Crippen molar-refractivity contribution >= 4 is 26.5 Å². The van der Waals surface area contributed by atoms with Gasteiger partial charge < -0.3 is 10.5 Å². The van der Waals surface area contributed by atoms with Crippen molar-refractivity contribution in [1.82, 2.24) is 14.5 Å². The van der Waals surface area contributed by atoms with Crippen LogP contribution in [0.4, 0.5) is 5.13 Å². The van der Waals surface area contributed by atoms with E-state index in [9.17, 15) is 8.42 Å². The average Bonchev–Trinajstić information content (AvgIpc) is 3.01. The molecule has 0 bridgehead atoms. The Balaban J connectivity index is 1.91. The number of hydrogen-bond acceptors (Lipinski definition) is 7. The second kappa shape index (κ2) is 6.66. The van der Waals surface area contributed by atoms with E-state index in [4.69, 9.17) is 10.5 Å². The van der Waals surface area contributed by atoms with Crippen LogP contribution in [0.15, 0.2) is 23.1 Å². The predicted octanol–water partition coefficient (Wildman–Crippen LogP) is 2.01. The number of methoxy groups -OCH3 is 1. The molecular weight excluding hydrogens is 348 g/mol. The van der Waals surface area contributed by atoms with E-state index in [0.717, 1.165) is 23.4 Å². The Kier molecular flexibility index (Phi) is 4.75. The fraction of sp³-hybridized carbons (Fsp3) is 0.467. The van der Waals surface area contributed by atoms with Crippen LogP contribution < -0.4 is 10.5 Å². The number of hydrogen-bond donors (Lipinski definition) is 1. The monoisotopic (exact) mass is 368 g/mol. The molecule has 1 atom stereocenters. The molecule has 1 aliphatic heterocycles. The fourth-order valence-corrected chi connectivity index (χ4v) is 5.40. The summed E-state index contributed by atoms with van der Waals surface area (Å²) in [4.78, 5) is 0.211. The van der Waals surface area contributed by atoms with Crippen LogP contribution in [0, 0.1) is 6.92 Å². The number of anilines is 1. The molecule has 1 aromatic carbocycles. The van der Waals surface area contributed by atoms with Gasteiger partial charge in [-0.15, -0.1) is 10.2 Å². The first-order valence-corrected chi connectivity index (χ1v) is 9.91. The molecule has 1 unspecified atom stereocenters. The van der Waals surface area contributed by atoms with E-state index in [-0.39, 0.29) is 10.8 Å². The number of aryl methyl sites for hydroxylation is 1. The minimum absolute atomic E-state index is 0.0270. The molecule has 3 rings (SSSR count). The molecule has 24 heavy (non-hydrogen) atoms. The van der Waals surface area contributed by atoms with Crippen molar-refractivity contribution in [2.45, 2.75) is 30.6 Å². The van der Waals surface area contributed by atoms with E-state index in [1.54, 1.807) is 12.1 Å². The minimum Gasteiger partial charge on any atom is -0.495 e. The topological polar surface area (TPSA) is 98.4 Å². The van der Waals surface area contributed by atoms with Gasteiger partial charge in [0.1, 0.15) is 15.7 Å². The second-order valence-corrected chi connectivity index (χ2v) is 8.78. The van der Waals surface area contributed by atoms with Gasteiger partial charge in [-0.2, -0.15) is 4.31 Å². The number of sulfonamides is 1. The molecule has 2 N–H and O–H groups in total. The molecule has 0 spiro atoms. The molecule has 2 heterocycles. The number of rotatable bonds is 4. The Morgan fingerprint density at radius 2 is 2.17 bits per heavy atom. The zero-order chi connectivity index (χ0) is 17.3. The van der Waals surface area contributed by atoms with Gasteiger partial charge in [0, 0.05) is 19.0 Å². The van der Waals surface area contributed by atoms with Gasteiger partial charge in [-0.25, -0.2) is 8.42 Å². The number of nitrogens with zero attached hydrogens (tertiary/aromatic N) is 3. The van der Waals surface area contributed by atoms with Crippen molar-refractivity contribution in [2.75, 3.05) is 25.9 Å². The van der Waals surface area contributed by atoms with Gasteiger partial charge >= 0.3 is 0 Å². The Morgan fingerprint density at radius 3 is 2.83 bits per heavy atom. The van der Waals surface area contributed by atoms with Crippen molar-refractivity contribution in [1.29, 1.82) is 0 Å². The number of nitrogen functional groups attached to an aromatic ring is 1. The van der Waals surface area contributed by atoms with Gasteiger partial charge in [-0.3, -0.25) is 0 Å². The summed E-state index contributed by atoms with van der Waals surface area (Å²) in [5.74, 6) is 0.391. The lowest BCUT2D eigenvalue weighted by atomic mass is 10.0. The summed E-state index contributed by atoms with van der Waals surface area (Å²) in [5, 5.41) is 9.11. The molecule has 1 saturated heterocycles. The van der Waals surface area contributed by atoms with Crippen LogP contribution in [0.2, 0.25) is 0 Å². The van der Waals surface area contributed by atoms with Crippen molar-refractivity contribution in [3.63, 3.8) is 0 Å². The van der Waals surface area contributed by atoms with Gasteiger partial charge in [-0.05, 0) is 37.5 Å². The molecule has 130 valence electrons. The molecule has 7 nitrogen and oxygen atoms in total. The standard InChI is InChI=1S/C15H20N4O3S2/c1-10-5-6-12(22-2)13(8-10)24(20,21)19-7-3-4-11(9-19)14-17-18-15(16)23-14/h5-6,8,11H,3-4,7,9H2,1-2H3,(H2,16,18). The maximum atomic E-state index is 13.1. The molecular formula is C15H20N4O3S2. The maximum absolute atomic E-state index is 13.1. The van der Waals surface area contributed by atoms with Crippen LogP contribution in [0.25, 0.3) is 0 Å². The first-order valence-electron chi connectivity index (χ1n) is 7.65. The molecule has 0 amide bonds. The quantitative estimate of drug-likeness (QED) is 0.886. The van der Waals surface area contributed by atoms with Crippen molar-refractivity contribution < 1.29 is 13.2 Å². The van der Waals surface area contributed by atoms with Crippen LogP contribution in [0.1, 0.15) is 29.3 Å². The number of nitrogens with two attached hydrogens (primary N) is 1. The van der Waals surface area contributed by atoms with Crippen LogP contribution >= 0.6 is 11.3 Å². The lowest BCUT2D eigenvalue weighted by Crippen LogP contribution is -2.39. The summed E-state index contributed by atoms with van der Waals surface area (Å²) in [6.45, 7) is 2.74. The Morgan fingerprint density at radius 1 is 1.38 bits per heavy atom. The molecule has 0 aliphatic carbocycles. The Hall–Kier alpha value is -1.71. The zero-order valence-corrected chi connectivity index (χ0v) is 15.2. The van der Waals surface area contributed by atoms with Crippen LogP contribution in [0.5, 0.6) is 5.75 Å². The van der Waals surface area contributed by atoms with E-state index >= 15 is 0 Å². The third-order valence-electron chi connectivity index (χ3n) is 4.13. The van der Waals surface area contributed by atoms with E-state index in [1.165, 1.54) is 22.8 Å². The lowest BCUT2D eigenvalue weighted by molar-refractivity contribution is 0.312. The maximum Gasteiger partial charge on any atom is 0.246 e. The van der Waals surface area contributed by atoms with Crippen molar-refractivity contribution in [2.24, 2.45) is 0 Å². The molecule has 0 saturated carbocycles. The summed E-state index contributed by atoms with van der Waals surface area (Å²) in [6, 6.07) is 5.18. The van der Waals surface area contributed by atoms with E-state index in [0.29, 0.717) is 24.0 Å².